The first-order valence-electron chi connectivity index (χ1n) is 5.78. The molecule has 106 valence electrons. The first-order chi connectivity index (χ1) is 8.45. The normalized spacial score (nSPS) is 12.4. The Labute approximate surface area is 117 Å². The number of rotatable bonds is 3. The summed E-state index contributed by atoms with van der Waals surface area (Å²) in [7, 11) is -2.25. The van der Waals surface area contributed by atoms with Gasteiger partial charge in [0.15, 0.2) is 11.6 Å². The Hall–Kier alpha value is -1.14. The van der Waals surface area contributed by atoms with Gasteiger partial charge in [0.25, 0.3) is 14.0 Å². The van der Waals surface area contributed by atoms with Crippen molar-refractivity contribution in [3.05, 3.63) is 33.1 Å². The van der Waals surface area contributed by atoms with Gasteiger partial charge < -0.3 is 4.43 Å². The summed E-state index contributed by atoms with van der Waals surface area (Å²) in [4.78, 5) is 9.92. The zero-order valence-corrected chi connectivity index (χ0v) is 13.3. The Kier molecular flexibility index (Phi) is 4.26. The minimum absolute atomic E-state index is 0.0727. The Morgan fingerprint density at radius 1 is 1.37 bits per heavy atom. The van der Waals surface area contributed by atoms with Gasteiger partial charge >= 0.3 is 0 Å². The molecule has 0 aliphatic rings. The zero-order valence-electron chi connectivity index (χ0n) is 11.6. The molecule has 0 saturated carbocycles. The third kappa shape index (κ3) is 3.45. The van der Waals surface area contributed by atoms with E-state index < -0.39 is 19.1 Å². The SMILES string of the molecule is CC(C)(C)[Si](C)(C)Oc1c(F)cc([N+](=O)[O-])cc1Cl. The van der Waals surface area contributed by atoms with Crippen LogP contribution in [0.3, 0.4) is 0 Å². The Morgan fingerprint density at radius 2 is 1.89 bits per heavy atom. The lowest BCUT2D eigenvalue weighted by atomic mass is 10.2. The van der Waals surface area contributed by atoms with Crippen LogP contribution in [0.4, 0.5) is 10.1 Å². The van der Waals surface area contributed by atoms with Crippen molar-refractivity contribution in [1.29, 1.82) is 0 Å². The second-order valence-corrected chi connectivity index (χ2v) is 11.0. The Bertz CT molecular complexity index is 491. The zero-order chi connectivity index (χ0) is 15.0. The number of hydrogen-bond acceptors (Lipinski definition) is 3. The van der Waals surface area contributed by atoms with E-state index in [1.807, 2.05) is 33.9 Å². The van der Waals surface area contributed by atoms with Crippen LogP contribution in [0.1, 0.15) is 20.8 Å². The van der Waals surface area contributed by atoms with E-state index in [0.29, 0.717) is 0 Å². The predicted molar refractivity (Wildman–Crippen MR) is 75.9 cm³/mol. The molecule has 0 spiro atoms. The largest absolute Gasteiger partial charge is 0.541 e. The van der Waals surface area contributed by atoms with Crippen molar-refractivity contribution >= 4 is 25.6 Å². The van der Waals surface area contributed by atoms with Crippen molar-refractivity contribution in [3.8, 4) is 5.75 Å². The third-order valence-electron chi connectivity index (χ3n) is 3.36. The van der Waals surface area contributed by atoms with Crippen molar-refractivity contribution in [3.63, 3.8) is 0 Å². The topological polar surface area (TPSA) is 52.4 Å². The molecule has 0 fully saturated rings. The van der Waals surface area contributed by atoms with Gasteiger partial charge in [-0.25, -0.2) is 4.39 Å². The minimum Gasteiger partial charge on any atom is -0.541 e. The van der Waals surface area contributed by atoms with Crippen molar-refractivity contribution in [2.45, 2.75) is 38.9 Å². The van der Waals surface area contributed by atoms with E-state index in [1.165, 1.54) is 0 Å². The van der Waals surface area contributed by atoms with Gasteiger partial charge in [-0.3, -0.25) is 10.1 Å². The summed E-state index contributed by atoms with van der Waals surface area (Å²) in [6.07, 6.45) is 0. The highest BCUT2D eigenvalue weighted by Gasteiger charge is 2.40. The number of nitro benzene ring substituents is 1. The first-order valence-corrected chi connectivity index (χ1v) is 9.07. The van der Waals surface area contributed by atoms with Crippen LogP contribution in [0.2, 0.25) is 23.2 Å². The van der Waals surface area contributed by atoms with Crippen molar-refractivity contribution in [2.24, 2.45) is 0 Å². The molecule has 0 radical (unpaired) electrons. The molecule has 0 bridgehead atoms. The van der Waals surface area contributed by atoms with Crippen LogP contribution < -0.4 is 4.43 Å². The molecule has 4 nitrogen and oxygen atoms in total. The molecule has 7 heteroatoms. The molecule has 1 rings (SSSR count). The fraction of sp³-hybridized carbons (Fsp3) is 0.500. The quantitative estimate of drug-likeness (QED) is 0.459. The Balaban J connectivity index is 3.20. The van der Waals surface area contributed by atoms with Crippen LogP contribution in [-0.4, -0.2) is 13.2 Å². The molecular formula is C12H17ClFNO3Si. The van der Waals surface area contributed by atoms with E-state index in [1.54, 1.807) is 0 Å². The van der Waals surface area contributed by atoms with Crippen LogP contribution in [0.15, 0.2) is 12.1 Å². The number of hydrogen-bond donors (Lipinski definition) is 0. The molecule has 0 aliphatic heterocycles. The monoisotopic (exact) mass is 305 g/mol. The standard InChI is InChI=1S/C12H17ClFNO3Si/c1-12(2,3)19(4,5)18-11-9(13)6-8(15(16)17)7-10(11)14/h6-7H,1-5H3. The van der Waals surface area contributed by atoms with E-state index in [2.05, 4.69) is 0 Å². The molecule has 0 saturated heterocycles. The summed E-state index contributed by atoms with van der Waals surface area (Å²) in [5.74, 6) is -0.900. The summed E-state index contributed by atoms with van der Waals surface area (Å²) in [5, 5.41) is 10.4. The molecule has 0 atom stereocenters. The van der Waals surface area contributed by atoms with Gasteiger partial charge in [-0.05, 0) is 18.1 Å². The van der Waals surface area contributed by atoms with Gasteiger partial charge in [-0.2, -0.15) is 0 Å². The molecule has 0 N–H and O–H groups in total. The molecule has 0 amide bonds. The molecule has 0 heterocycles. The maximum Gasteiger partial charge on any atom is 0.274 e. The lowest BCUT2D eigenvalue weighted by Crippen LogP contribution is -2.44. The number of halogens is 2. The highest BCUT2D eigenvalue weighted by molar-refractivity contribution is 6.74. The molecule has 0 aromatic heterocycles. The summed E-state index contributed by atoms with van der Waals surface area (Å²) >= 11 is 5.89. The van der Waals surface area contributed by atoms with Gasteiger partial charge in [-0.1, -0.05) is 32.4 Å². The Morgan fingerprint density at radius 3 is 2.26 bits per heavy atom. The molecule has 19 heavy (non-hydrogen) atoms. The minimum atomic E-state index is -2.25. The van der Waals surface area contributed by atoms with Crippen molar-refractivity contribution < 1.29 is 13.7 Å². The summed E-state index contributed by atoms with van der Waals surface area (Å²) in [5.41, 5.74) is -0.384. The molecular weight excluding hydrogens is 289 g/mol. The molecule has 0 aliphatic carbocycles. The maximum absolute atomic E-state index is 13.9. The highest BCUT2D eigenvalue weighted by Crippen LogP contribution is 2.41. The smallest absolute Gasteiger partial charge is 0.274 e. The van der Waals surface area contributed by atoms with Crippen molar-refractivity contribution in [2.75, 3.05) is 0 Å². The molecule has 1 aromatic carbocycles. The predicted octanol–water partition coefficient (Wildman–Crippen LogP) is 4.77. The maximum atomic E-state index is 13.9. The fourth-order valence-electron chi connectivity index (χ4n) is 1.16. The number of benzene rings is 1. The van der Waals surface area contributed by atoms with Crippen LogP contribution >= 0.6 is 11.6 Å². The first kappa shape index (κ1) is 15.9. The van der Waals surface area contributed by atoms with E-state index in [0.717, 1.165) is 12.1 Å². The van der Waals surface area contributed by atoms with Crippen LogP contribution in [0, 0.1) is 15.9 Å². The van der Waals surface area contributed by atoms with E-state index in [9.17, 15) is 14.5 Å². The van der Waals surface area contributed by atoms with Gasteiger partial charge in [0.05, 0.1) is 16.0 Å². The number of non-ortho nitro benzene ring substituents is 1. The van der Waals surface area contributed by atoms with Gasteiger partial charge in [0.1, 0.15) is 0 Å². The molecule has 1 aromatic rings. The molecule has 0 unspecified atom stereocenters. The number of nitro groups is 1. The second-order valence-electron chi connectivity index (χ2n) is 5.86. The van der Waals surface area contributed by atoms with E-state index in [4.69, 9.17) is 16.0 Å². The van der Waals surface area contributed by atoms with Crippen LogP contribution in [0.25, 0.3) is 0 Å². The van der Waals surface area contributed by atoms with E-state index in [-0.39, 0.29) is 21.5 Å². The van der Waals surface area contributed by atoms with Crippen molar-refractivity contribution in [1.82, 2.24) is 0 Å². The second kappa shape index (κ2) is 5.09. The van der Waals surface area contributed by atoms with Crippen LogP contribution in [0.5, 0.6) is 5.75 Å². The highest BCUT2D eigenvalue weighted by atomic mass is 35.5. The summed E-state index contributed by atoms with van der Waals surface area (Å²) in [6.45, 7) is 9.93. The van der Waals surface area contributed by atoms with E-state index >= 15 is 0 Å². The lowest BCUT2D eigenvalue weighted by Gasteiger charge is -2.36. The number of nitrogens with zero attached hydrogens (tertiary/aromatic N) is 1. The average Bonchev–Trinajstić information content (AvgIpc) is 2.21. The summed E-state index contributed by atoms with van der Waals surface area (Å²) in [6, 6.07) is 1.93. The lowest BCUT2D eigenvalue weighted by molar-refractivity contribution is -0.385. The fourth-order valence-corrected chi connectivity index (χ4v) is 2.49. The van der Waals surface area contributed by atoms with Crippen LogP contribution in [-0.2, 0) is 0 Å². The van der Waals surface area contributed by atoms with Gasteiger partial charge in [-0.15, -0.1) is 0 Å². The van der Waals surface area contributed by atoms with Gasteiger partial charge in [0, 0.05) is 6.07 Å². The average molecular weight is 306 g/mol. The summed E-state index contributed by atoms with van der Waals surface area (Å²) < 4.78 is 19.7. The van der Waals surface area contributed by atoms with Gasteiger partial charge in [0.2, 0.25) is 0 Å². The third-order valence-corrected chi connectivity index (χ3v) is 7.96.